The zero-order chi connectivity index (χ0) is 16.1. The SMILES string of the molecule is O=C(Nc1nnc(SCc2ccccc2)s1)c1ccc(Cl)cc1. The average molecular weight is 362 g/mol. The molecule has 0 fully saturated rings. The fraction of sp³-hybridized carbons (Fsp3) is 0.0625. The van der Waals surface area contributed by atoms with Gasteiger partial charge in [0.2, 0.25) is 5.13 Å². The van der Waals surface area contributed by atoms with E-state index >= 15 is 0 Å². The maximum absolute atomic E-state index is 12.1. The van der Waals surface area contributed by atoms with Gasteiger partial charge in [0, 0.05) is 16.3 Å². The van der Waals surface area contributed by atoms with E-state index in [1.807, 2.05) is 18.2 Å². The number of carbonyl (C=O) groups is 1. The van der Waals surface area contributed by atoms with E-state index in [4.69, 9.17) is 11.6 Å². The first-order chi connectivity index (χ1) is 11.2. The number of hydrogen-bond donors (Lipinski definition) is 1. The van der Waals surface area contributed by atoms with Crippen LogP contribution in [0.25, 0.3) is 0 Å². The minimum absolute atomic E-state index is 0.225. The first-order valence-corrected chi connectivity index (χ1v) is 8.96. The number of thioether (sulfide) groups is 1. The van der Waals surface area contributed by atoms with E-state index in [0.29, 0.717) is 15.7 Å². The molecule has 1 heterocycles. The molecule has 4 nitrogen and oxygen atoms in total. The topological polar surface area (TPSA) is 54.9 Å². The van der Waals surface area contributed by atoms with E-state index in [9.17, 15) is 4.79 Å². The van der Waals surface area contributed by atoms with Crippen LogP contribution in [0.5, 0.6) is 0 Å². The lowest BCUT2D eigenvalue weighted by Gasteiger charge is -2.00. The summed E-state index contributed by atoms with van der Waals surface area (Å²) in [5.74, 6) is 0.595. The lowest BCUT2D eigenvalue weighted by molar-refractivity contribution is 0.102. The maximum atomic E-state index is 12.1. The third kappa shape index (κ3) is 4.54. The Kier molecular flexibility index (Phi) is 5.27. The van der Waals surface area contributed by atoms with Gasteiger partial charge in [0.05, 0.1) is 0 Å². The Bertz CT molecular complexity index is 791. The highest BCUT2D eigenvalue weighted by Crippen LogP contribution is 2.28. The summed E-state index contributed by atoms with van der Waals surface area (Å²) in [7, 11) is 0. The highest BCUT2D eigenvalue weighted by Gasteiger charge is 2.10. The highest BCUT2D eigenvalue weighted by atomic mass is 35.5. The molecule has 0 spiro atoms. The Balaban J connectivity index is 1.58. The van der Waals surface area contributed by atoms with Crippen molar-refractivity contribution >= 4 is 45.7 Å². The number of carbonyl (C=O) groups excluding carboxylic acids is 1. The van der Waals surface area contributed by atoms with Gasteiger partial charge in [-0.2, -0.15) is 0 Å². The molecule has 0 aliphatic rings. The Morgan fingerprint density at radius 1 is 1.09 bits per heavy atom. The Hall–Kier alpha value is -1.89. The zero-order valence-corrected chi connectivity index (χ0v) is 14.3. The van der Waals surface area contributed by atoms with Crippen LogP contribution >= 0.6 is 34.7 Å². The number of aromatic nitrogens is 2. The molecular formula is C16H12ClN3OS2. The number of halogens is 1. The predicted molar refractivity (Wildman–Crippen MR) is 95.3 cm³/mol. The summed E-state index contributed by atoms with van der Waals surface area (Å²) >= 11 is 8.77. The second-order valence-corrected chi connectivity index (χ2v) is 7.24. The number of anilines is 1. The van der Waals surface area contributed by atoms with E-state index in [1.54, 1.807) is 36.0 Å². The molecule has 0 unspecified atom stereocenters. The second-order valence-electron chi connectivity index (χ2n) is 4.61. The van der Waals surface area contributed by atoms with Crippen LogP contribution in [0.15, 0.2) is 58.9 Å². The summed E-state index contributed by atoms with van der Waals surface area (Å²) < 4.78 is 0.820. The quantitative estimate of drug-likeness (QED) is 0.527. The van der Waals surface area contributed by atoms with Gasteiger partial charge in [-0.15, -0.1) is 10.2 Å². The van der Waals surface area contributed by atoms with E-state index < -0.39 is 0 Å². The maximum Gasteiger partial charge on any atom is 0.257 e. The zero-order valence-electron chi connectivity index (χ0n) is 11.9. The molecule has 0 radical (unpaired) electrons. The van der Waals surface area contributed by atoms with Crippen LogP contribution in [-0.4, -0.2) is 16.1 Å². The third-order valence-corrected chi connectivity index (χ3v) is 5.23. The van der Waals surface area contributed by atoms with Crippen molar-refractivity contribution in [1.82, 2.24) is 10.2 Å². The summed E-state index contributed by atoms with van der Waals surface area (Å²) in [5.41, 5.74) is 1.75. The molecular weight excluding hydrogens is 350 g/mol. The minimum Gasteiger partial charge on any atom is -0.296 e. The molecule has 3 aromatic rings. The van der Waals surface area contributed by atoms with Crippen molar-refractivity contribution in [2.75, 3.05) is 5.32 Å². The molecule has 0 atom stereocenters. The molecule has 3 rings (SSSR count). The van der Waals surface area contributed by atoms with Crippen molar-refractivity contribution in [2.45, 2.75) is 10.1 Å². The third-order valence-electron chi connectivity index (χ3n) is 2.94. The number of benzene rings is 2. The van der Waals surface area contributed by atoms with Crippen molar-refractivity contribution in [3.8, 4) is 0 Å². The van der Waals surface area contributed by atoms with E-state index in [1.165, 1.54) is 16.9 Å². The largest absolute Gasteiger partial charge is 0.296 e. The standard InChI is InChI=1S/C16H12ClN3OS2/c17-13-8-6-12(7-9-13)14(21)18-15-19-20-16(23-15)22-10-11-4-2-1-3-5-11/h1-9H,10H2,(H,18,19,21). The summed E-state index contributed by atoms with van der Waals surface area (Å²) in [6.45, 7) is 0. The van der Waals surface area contributed by atoms with Crippen molar-refractivity contribution in [3.63, 3.8) is 0 Å². The molecule has 0 bridgehead atoms. The molecule has 0 aliphatic heterocycles. The number of rotatable bonds is 5. The van der Waals surface area contributed by atoms with Crippen LogP contribution in [0.3, 0.4) is 0 Å². The summed E-state index contributed by atoms with van der Waals surface area (Å²) in [6, 6.07) is 16.8. The Morgan fingerprint density at radius 2 is 1.83 bits per heavy atom. The first kappa shape index (κ1) is 16.0. The molecule has 23 heavy (non-hydrogen) atoms. The molecule has 1 N–H and O–H groups in total. The smallest absolute Gasteiger partial charge is 0.257 e. The normalized spacial score (nSPS) is 10.5. The van der Waals surface area contributed by atoms with Crippen molar-refractivity contribution in [1.29, 1.82) is 0 Å². The predicted octanol–water partition coefficient (Wildman–Crippen LogP) is 4.74. The lowest BCUT2D eigenvalue weighted by atomic mass is 10.2. The number of nitrogens with one attached hydrogen (secondary N) is 1. The van der Waals surface area contributed by atoms with Gasteiger partial charge in [-0.05, 0) is 29.8 Å². The number of hydrogen-bond acceptors (Lipinski definition) is 5. The van der Waals surface area contributed by atoms with Gasteiger partial charge in [0.15, 0.2) is 4.34 Å². The van der Waals surface area contributed by atoms with Gasteiger partial charge >= 0.3 is 0 Å². The fourth-order valence-corrected chi connectivity index (χ4v) is 3.64. The van der Waals surface area contributed by atoms with Gasteiger partial charge in [0.1, 0.15) is 0 Å². The van der Waals surface area contributed by atoms with Crippen LogP contribution in [-0.2, 0) is 5.75 Å². The van der Waals surface area contributed by atoms with Crippen molar-refractivity contribution in [2.24, 2.45) is 0 Å². The summed E-state index contributed by atoms with van der Waals surface area (Å²) in [6.07, 6.45) is 0. The molecule has 116 valence electrons. The highest BCUT2D eigenvalue weighted by molar-refractivity contribution is 8.00. The number of amides is 1. The molecule has 0 saturated carbocycles. The van der Waals surface area contributed by atoms with Crippen molar-refractivity contribution in [3.05, 3.63) is 70.7 Å². The van der Waals surface area contributed by atoms with Crippen LogP contribution in [0.4, 0.5) is 5.13 Å². The summed E-state index contributed by atoms with van der Waals surface area (Å²) in [4.78, 5) is 12.1. The molecule has 1 aromatic heterocycles. The lowest BCUT2D eigenvalue weighted by Crippen LogP contribution is -2.11. The molecule has 0 aliphatic carbocycles. The summed E-state index contributed by atoms with van der Waals surface area (Å²) in [5, 5.41) is 11.9. The Morgan fingerprint density at radius 3 is 2.57 bits per heavy atom. The van der Waals surface area contributed by atoms with E-state index in [0.717, 1.165) is 10.1 Å². The van der Waals surface area contributed by atoms with Gasteiger partial charge in [-0.3, -0.25) is 10.1 Å². The first-order valence-electron chi connectivity index (χ1n) is 6.78. The average Bonchev–Trinajstić information content (AvgIpc) is 3.02. The fourth-order valence-electron chi connectivity index (χ4n) is 1.81. The van der Waals surface area contributed by atoms with Gasteiger partial charge < -0.3 is 0 Å². The monoisotopic (exact) mass is 361 g/mol. The van der Waals surface area contributed by atoms with Crippen molar-refractivity contribution < 1.29 is 4.79 Å². The molecule has 7 heteroatoms. The Labute approximate surface area is 146 Å². The van der Waals surface area contributed by atoms with Crippen LogP contribution < -0.4 is 5.32 Å². The molecule has 0 saturated heterocycles. The van der Waals surface area contributed by atoms with Gasteiger partial charge in [-0.1, -0.05) is 65.0 Å². The molecule has 1 amide bonds. The molecule has 2 aromatic carbocycles. The minimum atomic E-state index is -0.225. The van der Waals surface area contributed by atoms with Gasteiger partial charge in [0.25, 0.3) is 5.91 Å². The van der Waals surface area contributed by atoms with Gasteiger partial charge in [-0.25, -0.2) is 0 Å². The number of nitrogens with zero attached hydrogens (tertiary/aromatic N) is 2. The van der Waals surface area contributed by atoms with E-state index in [2.05, 4.69) is 27.6 Å². The van der Waals surface area contributed by atoms with Crippen LogP contribution in [0, 0.1) is 0 Å². The van der Waals surface area contributed by atoms with E-state index in [-0.39, 0.29) is 5.91 Å². The van der Waals surface area contributed by atoms with Crippen LogP contribution in [0.1, 0.15) is 15.9 Å². The van der Waals surface area contributed by atoms with Crippen LogP contribution in [0.2, 0.25) is 5.02 Å². The second kappa shape index (κ2) is 7.59.